The van der Waals surface area contributed by atoms with E-state index in [1.807, 2.05) is 13.0 Å². The maximum atomic E-state index is 14.2. The number of imide groups is 1. The lowest BCUT2D eigenvalue weighted by molar-refractivity contribution is -0.162. The fourth-order valence-corrected chi connectivity index (χ4v) is 8.08. The molecule has 2 saturated heterocycles. The largest absolute Gasteiger partial charge is 0.495 e. The summed E-state index contributed by atoms with van der Waals surface area (Å²) in [7, 11) is 5.94. The summed E-state index contributed by atoms with van der Waals surface area (Å²) in [6, 6.07) is 2.50. The molecule has 2 fully saturated rings. The molecule has 0 saturated carbocycles. The number of nitrogens with one attached hydrogen (secondary N) is 1. The van der Waals surface area contributed by atoms with Crippen molar-refractivity contribution in [1.29, 1.82) is 0 Å². The van der Waals surface area contributed by atoms with Crippen molar-refractivity contribution in [2.45, 2.75) is 114 Å². The Morgan fingerprint density at radius 2 is 1.81 bits per heavy atom. The number of carbonyl (C=O) groups is 6. The number of ether oxygens (including phenoxy) is 5. The number of carbonyl (C=O) groups excluding carboxylic acids is 6. The van der Waals surface area contributed by atoms with E-state index in [0.717, 1.165) is 16.0 Å². The van der Waals surface area contributed by atoms with E-state index in [1.54, 1.807) is 45.2 Å². The van der Waals surface area contributed by atoms with Crippen molar-refractivity contribution in [3.63, 3.8) is 0 Å². The van der Waals surface area contributed by atoms with Crippen LogP contribution < -0.4 is 15.0 Å². The Morgan fingerprint density at radius 1 is 1.12 bits per heavy atom. The highest BCUT2D eigenvalue weighted by atomic mass is 35.5. The van der Waals surface area contributed by atoms with Crippen molar-refractivity contribution in [2.75, 3.05) is 39.8 Å². The predicted molar refractivity (Wildman–Crippen MR) is 215 cm³/mol. The second-order valence-corrected chi connectivity index (χ2v) is 16.3. The van der Waals surface area contributed by atoms with Crippen LogP contribution in [-0.2, 0) is 49.3 Å². The zero-order chi connectivity index (χ0) is 43.4. The summed E-state index contributed by atoms with van der Waals surface area (Å²) in [5.41, 5.74) is -1.05. The van der Waals surface area contributed by atoms with Crippen molar-refractivity contribution < 1.29 is 57.6 Å². The molecule has 5 amide bonds. The van der Waals surface area contributed by atoms with E-state index in [-0.39, 0.29) is 48.6 Å². The number of rotatable bonds is 11. The van der Waals surface area contributed by atoms with Crippen LogP contribution in [0.1, 0.15) is 71.8 Å². The molecular weight excluding hydrogens is 788 g/mol. The molecule has 4 heterocycles. The first-order chi connectivity index (χ1) is 27.8. The van der Waals surface area contributed by atoms with Crippen molar-refractivity contribution in [3.05, 3.63) is 58.7 Å². The van der Waals surface area contributed by atoms with Crippen LogP contribution in [0.25, 0.3) is 0 Å². The molecule has 5 rings (SSSR count). The summed E-state index contributed by atoms with van der Waals surface area (Å²) in [6.45, 7) is 7.16. The molecule has 0 aliphatic carbocycles. The highest BCUT2D eigenvalue weighted by molar-refractivity contribution is 6.35. The van der Waals surface area contributed by atoms with Gasteiger partial charge in [0.2, 0.25) is 11.8 Å². The van der Waals surface area contributed by atoms with Gasteiger partial charge in [-0.15, -0.1) is 0 Å². The molecule has 1 aromatic carbocycles. The van der Waals surface area contributed by atoms with Gasteiger partial charge in [-0.2, -0.15) is 0 Å². The monoisotopic (exact) mass is 842 g/mol. The summed E-state index contributed by atoms with van der Waals surface area (Å²) >= 11 is 6.77. The molecule has 16 nitrogen and oxygen atoms in total. The van der Waals surface area contributed by atoms with Gasteiger partial charge in [-0.05, 0) is 57.7 Å². The van der Waals surface area contributed by atoms with E-state index in [4.69, 9.17) is 35.3 Å². The number of amides is 5. The number of likely N-dealkylation sites (N-methyl/N-ethyl adjacent to an activating group) is 1. The minimum Gasteiger partial charge on any atom is -0.495 e. The average molecular weight is 843 g/mol. The van der Waals surface area contributed by atoms with Crippen LogP contribution in [0.4, 0.5) is 10.5 Å². The van der Waals surface area contributed by atoms with Crippen molar-refractivity contribution in [1.82, 2.24) is 15.1 Å². The topological polar surface area (TPSA) is 194 Å². The summed E-state index contributed by atoms with van der Waals surface area (Å²) < 4.78 is 29.3. The third kappa shape index (κ3) is 10.2. The van der Waals surface area contributed by atoms with Crippen LogP contribution in [0.2, 0.25) is 5.02 Å². The molecule has 2 N–H and O–H groups in total. The van der Waals surface area contributed by atoms with Gasteiger partial charge in [-0.3, -0.25) is 29.4 Å². The van der Waals surface area contributed by atoms with Gasteiger partial charge in [0.25, 0.3) is 11.8 Å². The minimum atomic E-state index is -1.85. The summed E-state index contributed by atoms with van der Waals surface area (Å²) in [4.78, 5) is 81.6. The minimum absolute atomic E-state index is 0.0761. The smallest absolute Gasteiger partial charge is 0.409 e. The molecule has 1 aromatic rings. The Labute approximate surface area is 349 Å². The number of esters is 1. The maximum absolute atomic E-state index is 14.2. The Kier molecular flexibility index (Phi) is 14.3. The van der Waals surface area contributed by atoms with Gasteiger partial charge >= 0.3 is 12.1 Å². The summed E-state index contributed by atoms with van der Waals surface area (Å²) in [5.74, 6) is -2.49. The molecule has 322 valence electrons. The van der Waals surface area contributed by atoms with E-state index in [9.17, 15) is 33.9 Å². The number of methoxy groups -OCH3 is 2. The lowest BCUT2D eigenvalue weighted by Gasteiger charge is -2.42. The quantitative estimate of drug-likeness (QED) is 0.141. The number of allylic oxidation sites excluding steroid dienone is 3. The third-order valence-corrected chi connectivity index (χ3v) is 12.1. The number of unbranched alkanes of at least 4 members (excludes halogenated alkanes) is 2. The van der Waals surface area contributed by atoms with E-state index < -0.39 is 65.7 Å². The summed E-state index contributed by atoms with van der Waals surface area (Å²) in [6.07, 6.45) is 4.78. The van der Waals surface area contributed by atoms with Gasteiger partial charge in [0, 0.05) is 58.7 Å². The first-order valence-electron chi connectivity index (χ1n) is 19.7. The van der Waals surface area contributed by atoms with Crippen LogP contribution in [0.3, 0.4) is 0 Å². The first kappa shape index (κ1) is 45.3. The molecule has 17 heteroatoms. The zero-order valence-corrected chi connectivity index (χ0v) is 35.6. The molecule has 0 spiro atoms. The molecule has 4 aliphatic rings. The lowest BCUT2D eigenvalue weighted by atomic mass is 9.83. The predicted octanol–water partition coefficient (Wildman–Crippen LogP) is 4.00. The number of alkyl carbamates (subject to hydrolysis) is 1. The Balaban J connectivity index is 1.39. The third-order valence-electron chi connectivity index (χ3n) is 11.7. The second kappa shape index (κ2) is 18.7. The van der Waals surface area contributed by atoms with Gasteiger partial charge in [-0.25, -0.2) is 9.59 Å². The van der Waals surface area contributed by atoms with Crippen LogP contribution in [0.5, 0.6) is 5.75 Å². The SMILES string of the molecule is COc1cc2cc(c1Cl)N(C)C(=O)CC(OC(=O)[C@H](C)N(C)C(=O)CCCCCN1C(=O)C=CC1=O)[C@]1(C)O[C@H]1[C@H](C)[C@@H]1C[C@@](O)(NC(=O)O1)[C@H](OC)/C=C/C=C(/C)C2. The average Bonchev–Trinajstić information content (AvgIpc) is 3.79. The van der Waals surface area contributed by atoms with Crippen molar-refractivity contribution >= 4 is 53.0 Å². The number of anilines is 1. The standard InChI is InChI=1S/C42H55ClN4O12/c1-24-13-12-14-31(56-8)42(54)23-30(57-40(53)44-42)25(2)38-41(4,59-38)32(22-36(51)46(6)28-20-27(19-24)21-29(55-7)37(28)43)58-39(52)26(3)45(5)33(48)15-10-9-11-18-47-34(49)16-17-35(47)50/h12-14,16-17,20-21,25-26,30-32,38,54H,9-11,15,18-19,22-23H2,1-8H3,(H,44,53)/b14-12+,24-13-/t25-,26+,30+,31-,32?,38+,41+,42+/m1/s1. The van der Waals surface area contributed by atoms with Crippen LogP contribution in [-0.4, -0.2) is 127 Å². The molecule has 1 unspecified atom stereocenters. The van der Waals surface area contributed by atoms with Gasteiger partial charge in [0.05, 0.1) is 25.3 Å². The Bertz CT molecular complexity index is 1900. The Morgan fingerprint density at radius 3 is 2.47 bits per heavy atom. The number of halogens is 1. The zero-order valence-electron chi connectivity index (χ0n) is 34.8. The van der Waals surface area contributed by atoms with Gasteiger partial charge in [0.15, 0.2) is 5.72 Å². The van der Waals surface area contributed by atoms with E-state index in [1.165, 1.54) is 50.1 Å². The number of aliphatic hydroxyl groups is 1. The first-order valence-corrected chi connectivity index (χ1v) is 20.1. The second-order valence-electron chi connectivity index (χ2n) is 15.9. The molecule has 4 bridgehead atoms. The number of nitrogens with zero attached hydrogens (tertiary/aromatic N) is 3. The van der Waals surface area contributed by atoms with E-state index in [0.29, 0.717) is 37.1 Å². The number of epoxide rings is 1. The van der Waals surface area contributed by atoms with Gasteiger partial charge in [0.1, 0.15) is 40.7 Å². The van der Waals surface area contributed by atoms with Crippen molar-refractivity contribution in [2.24, 2.45) is 5.92 Å². The van der Waals surface area contributed by atoms with Crippen LogP contribution in [0, 0.1) is 5.92 Å². The van der Waals surface area contributed by atoms with Crippen LogP contribution >= 0.6 is 11.6 Å². The normalized spacial score (nSPS) is 30.4. The molecule has 4 aliphatic heterocycles. The fourth-order valence-electron chi connectivity index (χ4n) is 7.77. The molecular formula is C42H55ClN4O12. The number of hydrogen-bond acceptors (Lipinski definition) is 12. The maximum Gasteiger partial charge on any atom is 0.409 e. The highest BCUT2D eigenvalue weighted by Gasteiger charge is 2.64. The lowest BCUT2D eigenvalue weighted by Crippen LogP contribution is -2.63. The van der Waals surface area contributed by atoms with Gasteiger partial charge in [-0.1, -0.05) is 48.7 Å². The Hall–Kier alpha value is -4.77. The number of hydrogen-bond donors (Lipinski definition) is 2. The fraction of sp³-hybridized carbons (Fsp3) is 0.571. The van der Waals surface area contributed by atoms with Crippen LogP contribution in [0.15, 0.2) is 48.1 Å². The van der Waals surface area contributed by atoms with E-state index >= 15 is 0 Å². The molecule has 0 radical (unpaired) electrons. The van der Waals surface area contributed by atoms with Gasteiger partial charge < -0.3 is 38.6 Å². The molecule has 0 aromatic heterocycles. The molecule has 59 heavy (non-hydrogen) atoms. The number of fused-ring (bicyclic) bond motifs is 5. The van der Waals surface area contributed by atoms with E-state index in [2.05, 4.69) is 5.32 Å². The summed E-state index contributed by atoms with van der Waals surface area (Å²) in [5, 5.41) is 14.5. The highest BCUT2D eigenvalue weighted by Crippen LogP contribution is 2.49. The van der Waals surface area contributed by atoms with Crippen molar-refractivity contribution in [3.8, 4) is 5.75 Å². The molecule has 8 atom stereocenters. The number of benzene rings is 1.